The molecule has 0 radical (unpaired) electrons. The van der Waals surface area contributed by atoms with Crippen molar-refractivity contribution in [2.75, 3.05) is 48.4 Å². The fourth-order valence-electron chi connectivity index (χ4n) is 5.26. The first-order chi connectivity index (χ1) is 19.5. The lowest BCUT2D eigenvalue weighted by atomic mass is 9.92. The SMILES string of the molecule is N[C@H]1CC[C@H](NC2=NN3C(=NCC3C(=O)Nc3ccncc3F)C(Nc3cccc(N4CCOCC4)n3)=C2)CC1. The quantitative estimate of drug-likeness (QED) is 0.423. The zero-order chi connectivity index (χ0) is 27.5. The molecule has 2 aromatic heterocycles. The van der Waals surface area contributed by atoms with Gasteiger partial charge in [0.05, 0.1) is 37.3 Å². The van der Waals surface area contributed by atoms with Crippen molar-refractivity contribution in [3.05, 3.63) is 54.2 Å². The lowest BCUT2D eigenvalue weighted by Crippen LogP contribution is -2.48. The number of hydrogen-bond acceptors (Lipinski definition) is 11. The Bertz CT molecular complexity index is 1330. The Morgan fingerprint density at radius 3 is 2.75 bits per heavy atom. The molecule has 40 heavy (non-hydrogen) atoms. The number of halogens is 1. The number of nitrogens with zero attached hydrogens (tertiary/aromatic N) is 6. The number of fused-ring (bicyclic) bond motifs is 1. The number of amidine groups is 2. The lowest BCUT2D eigenvalue weighted by Gasteiger charge is -2.31. The van der Waals surface area contributed by atoms with Crippen LogP contribution in [-0.2, 0) is 9.53 Å². The van der Waals surface area contributed by atoms with Crippen molar-refractivity contribution in [3.63, 3.8) is 0 Å². The number of nitrogens with one attached hydrogen (secondary N) is 3. The van der Waals surface area contributed by atoms with E-state index < -0.39 is 17.8 Å². The molecule has 1 saturated carbocycles. The van der Waals surface area contributed by atoms with Crippen LogP contribution in [0.5, 0.6) is 0 Å². The summed E-state index contributed by atoms with van der Waals surface area (Å²) < 4.78 is 19.7. The van der Waals surface area contributed by atoms with Crippen molar-refractivity contribution in [3.8, 4) is 0 Å². The van der Waals surface area contributed by atoms with E-state index in [1.807, 2.05) is 24.3 Å². The number of morpholine rings is 1. The van der Waals surface area contributed by atoms with Crippen LogP contribution in [0.1, 0.15) is 25.7 Å². The van der Waals surface area contributed by atoms with Gasteiger partial charge in [-0.05, 0) is 43.9 Å². The molecule has 4 aliphatic rings. The maximum Gasteiger partial charge on any atom is 0.251 e. The zero-order valence-electron chi connectivity index (χ0n) is 22.1. The number of hydrazone groups is 1. The van der Waals surface area contributed by atoms with E-state index in [1.165, 1.54) is 12.3 Å². The Balaban J connectivity index is 1.24. The normalized spacial score (nSPS) is 24.4. The molecular formula is C27H33FN10O2. The third-order valence-corrected chi connectivity index (χ3v) is 7.45. The second kappa shape index (κ2) is 11.6. The Hall–Kier alpha value is -4.10. The summed E-state index contributed by atoms with van der Waals surface area (Å²) in [7, 11) is 0. The van der Waals surface area contributed by atoms with Gasteiger partial charge in [0.15, 0.2) is 17.7 Å². The molecule has 0 spiro atoms. The van der Waals surface area contributed by atoms with Crippen LogP contribution in [0.15, 0.2) is 58.5 Å². The van der Waals surface area contributed by atoms with Crippen molar-refractivity contribution < 1.29 is 13.9 Å². The van der Waals surface area contributed by atoms with Crippen LogP contribution in [0, 0.1) is 5.82 Å². The summed E-state index contributed by atoms with van der Waals surface area (Å²) >= 11 is 0. The van der Waals surface area contributed by atoms with Crippen molar-refractivity contribution in [1.29, 1.82) is 0 Å². The van der Waals surface area contributed by atoms with Gasteiger partial charge in [0.25, 0.3) is 5.91 Å². The summed E-state index contributed by atoms with van der Waals surface area (Å²) in [4.78, 5) is 28.6. The standard InChI is InChI=1S/C27H33FN10O2/c28-19-15-30-9-8-20(19)34-27(39)22-16-31-26-21(14-24(36-38(22)26)32-18-6-4-17(29)5-7-18)33-23-2-1-3-25(35-23)37-10-12-40-13-11-37/h1-3,8-9,14-15,17-18,22H,4-7,10-13,16,29H2,(H,32,36)(H,33,35)(H,30,34,39)/t17-,18-,22?. The predicted molar refractivity (Wildman–Crippen MR) is 151 cm³/mol. The molecule has 3 aliphatic heterocycles. The Labute approximate surface area is 231 Å². The monoisotopic (exact) mass is 548 g/mol. The maximum absolute atomic E-state index is 14.2. The van der Waals surface area contributed by atoms with E-state index in [1.54, 1.807) is 5.01 Å². The molecule has 2 aromatic rings. The molecule has 0 aromatic carbocycles. The summed E-state index contributed by atoms with van der Waals surface area (Å²) in [6.07, 6.45) is 8.14. The van der Waals surface area contributed by atoms with E-state index in [4.69, 9.17) is 20.6 Å². The number of carbonyl (C=O) groups excluding carboxylic acids is 1. The van der Waals surface area contributed by atoms with Gasteiger partial charge in [-0.2, -0.15) is 5.10 Å². The van der Waals surface area contributed by atoms with E-state index in [-0.39, 0.29) is 24.3 Å². The van der Waals surface area contributed by atoms with E-state index in [9.17, 15) is 9.18 Å². The fourth-order valence-corrected chi connectivity index (χ4v) is 5.26. The number of aliphatic imine (C=N–C) groups is 1. The Morgan fingerprint density at radius 2 is 1.95 bits per heavy atom. The van der Waals surface area contributed by atoms with Crippen LogP contribution in [0.2, 0.25) is 0 Å². The van der Waals surface area contributed by atoms with Gasteiger partial charge in [-0.15, -0.1) is 0 Å². The van der Waals surface area contributed by atoms with E-state index in [0.29, 0.717) is 36.4 Å². The molecule has 2 fully saturated rings. The number of nitrogens with two attached hydrogens (primary N) is 1. The van der Waals surface area contributed by atoms with Crippen LogP contribution in [-0.4, -0.2) is 83.5 Å². The molecule has 5 heterocycles. The van der Waals surface area contributed by atoms with Crippen LogP contribution in [0.25, 0.3) is 0 Å². The molecule has 6 rings (SSSR count). The third kappa shape index (κ3) is 5.75. The summed E-state index contributed by atoms with van der Waals surface area (Å²) in [6, 6.07) is 6.94. The van der Waals surface area contributed by atoms with Crippen LogP contribution in [0.4, 0.5) is 21.7 Å². The van der Waals surface area contributed by atoms with Gasteiger partial charge in [-0.25, -0.2) is 14.4 Å². The number of ether oxygens (including phenoxy) is 1. The predicted octanol–water partition coefficient (Wildman–Crippen LogP) is 1.66. The van der Waals surface area contributed by atoms with Crippen molar-refractivity contribution in [2.45, 2.75) is 43.8 Å². The van der Waals surface area contributed by atoms with Crippen LogP contribution >= 0.6 is 0 Å². The van der Waals surface area contributed by atoms with Gasteiger partial charge in [-0.1, -0.05) is 6.07 Å². The minimum absolute atomic E-state index is 0.0596. The summed E-state index contributed by atoms with van der Waals surface area (Å²) in [5, 5.41) is 15.9. The topological polar surface area (TPSA) is 145 Å². The molecule has 1 unspecified atom stereocenters. The Kier molecular flexibility index (Phi) is 7.55. The highest BCUT2D eigenvalue weighted by Gasteiger charge is 2.38. The minimum atomic E-state index is -0.753. The number of rotatable bonds is 6. The van der Waals surface area contributed by atoms with Crippen molar-refractivity contribution in [2.24, 2.45) is 15.8 Å². The first-order valence-electron chi connectivity index (χ1n) is 13.7. The van der Waals surface area contributed by atoms with E-state index in [2.05, 4.69) is 30.8 Å². The second-order valence-electron chi connectivity index (χ2n) is 10.3. The first-order valence-corrected chi connectivity index (χ1v) is 13.7. The summed E-state index contributed by atoms with van der Waals surface area (Å²) in [5.41, 5.74) is 6.83. The van der Waals surface area contributed by atoms with Gasteiger partial charge < -0.3 is 31.3 Å². The highest BCUT2D eigenvalue weighted by Crippen LogP contribution is 2.25. The van der Waals surface area contributed by atoms with Crippen molar-refractivity contribution in [1.82, 2.24) is 20.3 Å². The van der Waals surface area contributed by atoms with Gasteiger partial charge >= 0.3 is 0 Å². The van der Waals surface area contributed by atoms with Gasteiger partial charge in [0, 0.05) is 37.4 Å². The number of pyridine rings is 2. The lowest BCUT2D eigenvalue weighted by molar-refractivity contribution is -0.119. The van der Waals surface area contributed by atoms with Crippen LogP contribution in [0.3, 0.4) is 0 Å². The maximum atomic E-state index is 14.2. The molecule has 1 amide bonds. The number of amides is 1. The number of carbonyl (C=O) groups is 1. The van der Waals surface area contributed by atoms with Gasteiger partial charge in [0.2, 0.25) is 0 Å². The van der Waals surface area contributed by atoms with Gasteiger partial charge in [-0.3, -0.25) is 14.8 Å². The molecule has 12 nitrogen and oxygen atoms in total. The molecule has 1 saturated heterocycles. The first kappa shape index (κ1) is 26.1. The largest absolute Gasteiger partial charge is 0.378 e. The summed E-state index contributed by atoms with van der Waals surface area (Å²) in [6.45, 7) is 3.06. The molecule has 1 atom stereocenters. The minimum Gasteiger partial charge on any atom is -0.378 e. The molecule has 0 bridgehead atoms. The van der Waals surface area contributed by atoms with E-state index in [0.717, 1.165) is 50.8 Å². The third-order valence-electron chi connectivity index (χ3n) is 7.45. The molecule has 1 aliphatic carbocycles. The number of hydrogen-bond donors (Lipinski definition) is 4. The number of aromatic nitrogens is 2. The molecule has 210 valence electrons. The van der Waals surface area contributed by atoms with Gasteiger partial charge in [0.1, 0.15) is 17.5 Å². The molecule has 5 N–H and O–H groups in total. The highest BCUT2D eigenvalue weighted by atomic mass is 19.1. The highest BCUT2D eigenvalue weighted by molar-refractivity contribution is 6.13. The average Bonchev–Trinajstić information content (AvgIpc) is 3.41. The van der Waals surface area contributed by atoms with E-state index >= 15 is 0 Å². The number of anilines is 3. The second-order valence-corrected chi connectivity index (χ2v) is 10.3. The smallest absolute Gasteiger partial charge is 0.251 e. The molecular weight excluding hydrogens is 515 g/mol. The van der Waals surface area contributed by atoms with Crippen molar-refractivity contribution >= 4 is 34.9 Å². The molecule has 13 heteroatoms. The average molecular weight is 549 g/mol. The Morgan fingerprint density at radius 1 is 1.12 bits per heavy atom. The summed E-state index contributed by atoms with van der Waals surface area (Å²) in [5.74, 6) is 1.62. The van der Waals surface area contributed by atoms with Crippen LogP contribution < -0.4 is 26.6 Å². The fraction of sp³-hybridized carbons (Fsp3) is 0.444. The zero-order valence-corrected chi connectivity index (χ0v) is 22.1.